The number of benzene rings is 2. The minimum absolute atomic E-state index is 0.0911. The molecule has 0 aliphatic carbocycles. The second-order valence-electron chi connectivity index (χ2n) is 6.23. The predicted molar refractivity (Wildman–Crippen MR) is 106 cm³/mol. The zero-order valence-electron chi connectivity index (χ0n) is 15.0. The zero-order chi connectivity index (χ0) is 19.8. The Balaban J connectivity index is 1.83. The van der Waals surface area contributed by atoms with Crippen molar-refractivity contribution in [3.05, 3.63) is 48.0 Å². The van der Waals surface area contributed by atoms with Crippen LogP contribution in [0.25, 0.3) is 0 Å². The maximum atomic E-state index is 12.6. The minimum Gasteiger partial charge on any atom is -0.324 e. The Labute approximate surface area is 162 Å². The molecule has 2 N–H and O–H groups in total. The van der Waals surface area contributed by atoms with Crippen LogP contribution in [0.2, 0.25) is 0 Å². The molecule has 9 heteroatoms. The molecule has 2 aromatic rings. The van der Waals surface area contributed by atoms with Crippen molar-refractivity contribution in [2.45, 2.75) is 22.0 Å². The van der Waals surface area contributed by atoms with Crippen LogP contribution >= 0.6 is 11.8 Å². The summed E-state index contributed by atoms with van der Waals surface area (Å²) in [5, 5.41) is 5.30. The quantitative estimate of drug-likeness (QED) is 0.815. The summed E-state index contributed by atoms with van der Waals surface area (Å²) in [6.07, 6.45) is 0. The molecule has 0 radical (unpaired) electrons. The van der Waals surface area contributed by atoms with Crippen LogP contribution in [0.1, 0.15) is 17.3 Å². The molecule has 0 spiro atoms. The van der Waals surface area contributed by atoms with Crippen LogP contribution in [0.3, 0.4) is 0 Å². The van der Waals surface area contributed by atoms with Crippen LogP contribution < -0.4 is 10.6 Å². The van der Waals surface area contributed by atoms with E-state index in [1.54, 1.807) is 30.3 Å². The van der Waals surface area contributed by atoms with Crippen molar-refractivity contribution in [1.82, 2.24) is 4.31 Å². The largest absolute Gasteiger partial charge is 0.324 e. The van der Waals surface area contributed by atoms with Gasteiger partial charge in [0.05, 0.1) is 15.8 Å². The first-order valence-electron chi connectivity index (χ1n) is 8.14. The van der Waals surface area contributed by atoms with Gasteiger partial charge in [-0.15, -0.1) is 11.8 Å². The third kappa shape index (κ3) is 4.00. The number of anilines is 2. The highest BCUT2D eigenvalue weighted by molar-refractivity contribution is 8.01. The number of carbonyl (C=O) groups excluding carboxylic acids is 2. The van der Waals surface area contributed by atoms with Crippen LogP contribution in [0.4, 0.5) is 11.4 Å². The lowest BCUT2D eigenvalue weighted by Crippen LogP contribution is -2.26. The van der Waals surface area contributed by atoms with Crippen molar-refractivity contribution in [3.63, 3.8) is 0 Å². The molecule has 2 aromatic carbocycles. The van der Waals surface area contributed by atoms with Gasteiger partial charge in [-0.2, -0.15) is 0 Å². The van der Waals surface area contributed by atoms with Crippen LogP contribution in [0, 0.1) is 0 Å². The Kier molecular flexibility index (Phi) is 5.27. The monoisotopic (exact) mass is 405 g/mol. The summed E-state index contributed by atoms with van der Waals surface area (Å²) in [6, 6.07) is 11.1. The van der Waals surface area contributed by atoms with Crippen LogP contribution in [-0.2, 0) is 14.8 Å². The molecule has 3 rings (SSSR count). The predicted octanol–water partition coefficient (Wildman–Crippen LogP) is 2.62. The van der Waals surface area contributed by atoms with Gasteiger partial charge in [0.25, 0.3) is 5.91 Å². The summed E-state index contributed by atoms with van der Waals surface area (Å²) in [5.41, 5.74) is 1.33. The number of fused-ring (bicyclic) bond motifs is 1. The van der Waals surface area contributed by atoms with E-state index in [1.165, 1.54) is 38.0 Å². The molecular weight excluding hydrogens is 386 g/mol. The highest BCUT2D eigenvalue weighted by Gasteiger charge is 2.24. The number of thioether (sulfide) groups is 1. The van der Waals surface area contributed by atoms with Crippen molar-refractivity contribution in [2.75, 3.05) is 24.7 Å². The van der Waals surface area contributed by atoms with Gasteiger partial charge in [-0.05, 0) is 43.3 Å². The normalized spacial score (nSPS) is 16.6. The number of nitrogens with one attached hydrogen (secondary N) is 2. The molecule has 0 saturated carbocycles. The maximum absolute atomic E-state index is 12.6. The fourth-order valence-corrected chi connectivity index (χ4v) is 4.38. The van der Waals surface area contributed by atoms with Crippen molar-refractivity contribution in [2.24, 2.45) is 0 Å². The van der Waals surface area contributed by atoms with Crippen LogP contribution in [0.5, 0.6) is 0 Å². The second kappa shape index (κ2) is 7.34. The molecule has 142 valence electrons. The third-order valence-corrected chi connectivity index (χ3v) is 7.03. The van der Waals surface area contributed by atoms with E-state index in [-0.39, 0.29) is 16.1 Å². The van der Waals surface area contributed by atoms with Crippen molar-refractivity contribution >= 4 is 45.0 Å². The average molecular weight is 406 g/mol. The Morgan fingerprint density at radius 3 is 2.63 bits per heavy atom. The number of sulfonamides is 1. The van der Waals surface area contributed by atoms with E-state index in [2.05, 4.69) is 10.6 Å². The van der Waals surface area contributed by atoms with Crippen molar-refractivity contribution < 1.29 is 18.0 Å². The number of hydrogen-bond donors (Lipinski definition) is 2. The fourth-order valence-electron chi connectivity index (χ4n) is 2.50. The molecule has 1 aliphatic heterocycles. The van der Waals surface area contributed by atoms with Gasteiger partial charge in [-0.1, -0.05) is 6.07 Å². The number of hydrogen-bond acceptors (Lipinski definition) is 5. The second-order valence-corrected chi connectivity index (χ2v) is 9.76. The molecule has 1 atom stereocenters. The van der Waals surface area contributed by atoms with E-state index < -0.39 is 15.9 Å². The summed E-state index contributed by atoms with van der Waals surface area (Å²) < 4.78 is 25.6. The van der Waals surface area contributed by atoms with Gasteiger partial charge in [-0.25, -0.2) is 12.7 Å². The Hall–Kier alpha value is -2.36. The number of carbonyl (C=O) groups is 2. The minimum atomic E-state index is -3.59. The standard InChI is InChI=1S/C18H19N3O4S2/c1-11-17(22)20-15-9-12(7-8-16(15)26-11)18(23)19-13-5-4-6-14(10-13)27(24,25)21(2)3/h4-11H,1-3H3,(H,19,23)(H,20,22). The lowest BCUT2D eigenvalue weighted by atomic mass is 10.1. The summed E-state index contributed by atoms with van der Waals surface area (Å²) in [5.74, 6) is -0.498. The third-order valence-electron chi connectivity index (χ3n) is 4.04. The SMILES string of the molecule is CC1Sc2ccc(C(=O)Nc3cccc(S(=O)(=O)N(C)C)c3)cc2NC1=O. The first kappa shape index (κ1) is 19.4. The number of nitrogens with zero attached hydrogens (tertiary/aromatic N) is 1. The highest BCUT2D eigenvalue weighted by Crippen LogP contribution is 2.36. The van der Waals surface area contributed by atoms with Gasteiger partial charge in [-0.3, -0.25) is 9.59 Å². The molecule has 7 nitrogen and oxygen atoms in total. The van der Waals surface area contributed by atoms with E-state index in [4.69, 9.17) is 0 Å². The molecule has 1 heterocycles. The summed E-state index contributed by atoms with van der Waals surface area (Å²) in [7, 11) is -0.701. The van der Waals surface area contributed by atoms with Gasteiger partial charge >= 0.3 is 0 Å². The summed E-state index contributed by atoms with van der Waals surface area (Å²) >= 11 is 1.44. The molecule has 1 aliphatic rings. The molecule has 0 aromatic heterocycles. The summed E-state index contributed by atoms with van der Waals surface area (Å²) in [6.45, 7) is 1.82. The topological polar surface area (TPSA) is 95.6 Å². The van der Waals surface area contributed by atoms with E-state index in [0.29, 0.717) is 16.9 Å². The highest BCUT2D eigenvalue weighted by atomic mass is 32.2. The maximum Gasteiger partial charge on any atom is 0.255 e. The average Bonchev–Trinajstić information content (AvgIpc) is 2.62. The van der Waals surface area contributed by atoms with Gasteiger partial charge < -0.3 is 10.6 Å². The number of rotatable bonds is 4. The Morgan fingerprint density at radius 1 is 1.19 bits per heavy atom. The number of amides is 2. The van der Waals surface area contributed by atoms with Crippen LogP contribution in [0.15, 0.2) is 52.3 Å². The smallest absolute Gasteiger partial charge is 0.255 e. The Morgan fingerprint density at radius 2 is 1.93 bits per heavy atom. The molecule has 0 fully saturated rings. The molecule has 0 bridgehead atoms. The van der Waals surface area contributed by atoms with E-state index in [1.807, 2.05) is 6.92 Å². The van der Waals surface area contributed by atoms with Crippen molar-refractivity contribution in [3.8, 4) is 0 Å². The van der Waals surface area contributed by atoms with E-state index >= 15 is 0 Å². The van der Waals surface area contributed by atoms with E-state index in [9.17, 15) is 18.0 Å². The van der Waals surface area contributed by atoms with E-state index in [0.717, 1.165) is 9.20 Å². The molecule has 1 unspecified atom stereocenters. The molecular formula is C18H19N3O4S2. The first-order valence-corrected chi connectivity index (χ1v) is 10.5. The van der Waals surface area contributed by atoms with Gasteiger partial charge in [0.1, 0.15) is 0 Å². The van der Waals surface area contributed by atoms with Gasteiger partial charge in [0.2, 0.25) is 15.9 Å². The summed E-state index contributed by atoms with van der Waals surface area (Å²) in [4.78, 5) is 25.4. The molecule has 0 saturated heterocycles. The molecule has 2 amide bonds. The first-order chi connectivity index (χ1) is 12.7. The lowest BCUT2D eigenvalue weighted by molar-refractivity contribution is -0.115. The van der Waals surface area contributed by atoms with Gasteiger partial charge in [0, 0.05) is 30.2 Å². The Bertz CT molecular complexity index is 1020. The zero-order valence-corrected chi connectivity index (χ0v) is 16.6. The fraction of sp³-hybridized carbons (Fsp3) is 0.222. The lowest BCUT2D eigenvalue weighted by Gasteiger charge is -2.21. The molecule has 27 heavy (non-hydrogen) atoms. The van der Waals surface area contributed by atoms with Crippen molar-refractivity contribution in [1.29, 1.82) is 0 Å². The van der Waals surface area contributed by atoms with Crippen LogP contribution in [-0.4, -0.2) is 43.9 Å². The van der Waals surface area contributed by atoms with Gasteiger partial charge in [0.15, 0.2) is 0 Å².